The zero-order chi connectivity index (χ0) is 28.3. The zero-order valence-corrected chi connectivity index (χ0v) is 23.4. The first-order valence-electron chi connectivity index (χ1n) is 12.7. The maximum Gasteiger partial charge on any atom is 0.323 e. The minimum Gasteiger partial charge on any atom is -0.462 e. The lowest BCUT2D eigenvalue weighted by atomic mass is 9.92. The summed E-state index contributed by atoms with van der Waals surface area (Å²) in [5, 5.41) is 0. The van der Waals surface area contributed by atoms with Gasteiger partial charge in [-0.25, -0.2) is 0 Å². The molecule has 0 aliphatic rings. The minimum atomic E-state index is -1.01. The number of carbonyl (C=O) groups is 4. The molecule has 0 heterocycles. The molecule has 9 nitrogen and oxygen atoms in total. The fourth-order valence-corrected chi connectivity index (χ4v) is 3.19. The van der Waals surface area contributed by atoms with Crippen LogP contribution in [-0.2, 0) is 35.1 Å². The summed E-state index contributed by atoms with van der Waals surface area (Å²) in [6, 6.07) is 3.67. The predicted molar refractivity (Wildman–Crippen MR) is 139 cm³/mol. The SMILES string of the molecule is CC(C)CC(=O)Oc1ccc(C[C@H](N)C(=O)O[C@@H](C)COC(=O)CC(C)(C)C)cc1OC(=O)CC(C)C. The second kappa shape index (κ2) is 14.7. The molecular formula is C28H43NO8. The van der Waals surface area contributed by atoms with Gasteiger partial charge in [-0.15, -0.1) is 0 Å². The Bertz CT molecular complexity index is 933. The number of benzene rings is 1. The summed E-state index contributed by atoms with van der Waals surface area (Å²) in [4.78, 5) is 48.8. The molecular weight excluding hydrogens is 478 g/mol. The first kappa shape index (κ1) is 32.1. The fraction of sp³-hybridized carbons (Fsp3) is 0.643. The molecule has 0 fully saturated rings. The van der Waals surface area contributed by atoms with Crippen LogP contribution in [0.4, 0.5) is 0 Å². The van der Waals surface area contributed by atoms with Crippen LogP contribution in [0.25, 0.3) is 0 Å². The van der Waals surface area contributed by atoms with Crippen molar-refractivity contribution < 1.29 is 38.1 Å². The van der Waals surface area contributed by atoms with Crippen LogP contribution >= 0.6 is 0 Å². The number of carbonyl (C=O) groups excluding carboxylic acids is 4. The average Bonchev–Trinajstić information content (AvgIpc) is 2.71. The summed E-state index contributed by atoms with van der Waals surface area (Å²) >= 11 is 0. The van der Waals surface area contributed by atoms with E-state index in [0.717, 1.165) is 0 Å². The first-order chi connectivity index (χ1) is 17.1. The van der Waals surface area contributed by atoms with Crippen LogP contribution in [0.1, 0.15) is 80.2 Å². The van der Waals surface area contributed by atoms with E-state index in [1.165, 1.54) is 12.1 Å². The van der Waals surface area contributed by atoms with Crippen LogP contribution in [0.15, 0.2) is 18.2 Å². The summed E-state index contributed by atoms with van der Waals surface area (Å²) < 4.78 is 21.4. The summed E-state index contributed by atoms with van der Waals surface area (Å²) in [6.45, 7) is 14.9. The lowest BCUT2D eigenvalue weighted by Crippen LogP contribution is -2.37. The molecule has 0 saturated carbocycles. The molecule has 1 rings (SSSR count). The van der Waals surface area contributed by atoms with Crippen molar-refractivity contribution in [3.63, 3.8) is 0 Å². The third kappa shape index (κ3) is 13.8. The number of rotatable bonds is 13. The van der Waals surface area contributed by atoms with Crippen LogP contribution in [0.3, 0.4) is 0 Å². The van der Waals surface area contributed by atoms with Crippen molar-refractivity contribution in [2.75, 3.05) is 6.61 Å². The Hall–Kier alpha value is -2.94. The molecule has 0 aliphatic heterocycles. The molecule has 0 aliphatic carbocycles. The highest BCUT2D eigenvalue weighted by atomic mass is 16.6. The summed E-state index contributed by atoms with van der Waals surface area (Å²) in [7, 11) is 0. The summed E-state index contributed by atoms with van der Waals surface area (Å²) in [6.07, 6.45) is 0.0669. The number of ether oxygens (including phenoxy) is 4. The Kier molecular flexibility index (Phi) is 12.8. The topological polar surface area (TPSA) is 131 Å². The molecule has 0 aromatic heterocycles. The molecule has 0 bridgehead atoms. The van der Waals surface area contributed by atoms with Crippen molar-refractivity contribution in [1.29, 1.82) is 0 Å². The van der Waals surface area contributed by atoms with Gasteiger partial charge in [-0.05, 0) is 48.3 Å². The van der Waals surface area contributed by atoms with E-state index in [9.17, 15) is 19.2 Å². The molecule has 1 aromatic carbocycles. The van der Waals surface area contributed by atoms with Crippen LogP contribution in [-0.4, -0.2) is 42.6 Å². The van der Waals surface area contributed by atoms with E-state index in [0.29, 0.717) is 5.56 Å². The normalized spacial score (nSPS) is 13.2. The first-order valence-corrected chi connectivity index (χ1v) is 12.7. The molecule has 0 unspecified atom stereocenters. The smallest absolute Gasteiger partial charge is 0.323 e. The maximum atomic E-state index is 12.5. The lowest BCUT2D eigenvalue weighted by molar-refractivity contribution is -0.159. The van der Waals surface area contributed by atoms with Gasteiger partial charge in [-0.1, -0.05) is 54.5 Å². The van der Waals surface area contributed by atoms with Gasteiger partial charge in [0, 0.05) is 12.8 Å². The molecule has 0 saturated heterocycles. The number of nitrogens with two attached hydrogens (primary N) is 1. The number of esters is 4. The third-order valence-electron chi connectivity index (χ3n) is 4.83. The van der Waals surface area contributed by atoms with Gasteiger partial charge in [0.15, 0.2) is 11.5 Å². The minimum absolute atomic E-state index is 0.0697. The molecule has 2 atom stereocenters. The number of hydrogen-bond donors (Lipinski definition) is 1. The van der Waals surface area contributed by atoms with Crippen LogP contribution in [0, 0.1) is 17.3 Å². The van der Waals surface area contributed by atoms with E-state index >= 15 is 0 Å². The molecule has 208 valence electrons. The highest BCUT2D eigenvalue weighted by molar-refractivity contribution is 5.77. The fourth-order valence-electron chi connectivity index (χ4n) is 3.19. The maximum absolute atomic E-state index is 12.5. The van der Waals surface area contributed by atoms with E-state index in [1.807, 2.05) is 48.5 Å². The molecule has 0 spiro atoms. The van der Waals surface area contributed by atoms with Gasteiger partial charge in [0.2, 0.25) is 0 Å². The van der Waals surface area contributed by atoms with Crippen molar-refractivity contribution in [2.24, 2.45) is 23.0 Å². The van der Waals surface area contributed by atoms with E-state index < -0.39 is 30.1 Å². The molecule has 0 radical (unpaired) electrons. The van der Waals surface area contributed by atoms with Crippen molar-refractivity contribution in [2.45, 2.75) is 93.2 Å². The highest BCUT2D eigenvalue weighted by Gasteiger charge is 2.23. The Morgan fingerprint density at radius 2 is 1.38 bits per heavy atom. The second-order valence-corrected chi connectivity index (χ2v) is 11.4. The largest absolute Gasteiger partial charge is 0.462 e. The van der Waals surface area contributed by atoms with E-state index in [2.05, 4.69) is 0 Å². The highest BCUT2D eigenvalue weighted by Crippen LogP contribution is 2.30. The molecule has 37 heavy (non-hydrogen) atoms. The van der Waals surface area contributed by atoms with Gasteiger partial charge >= 0.3 is 23.9 Å². The molecule has 1 aromatic rings. The van der Waals surface area contributed by atoms with Crippen molar-refractivity contribution in [3.05, 3.63) is 23.8 Å². The molecule has 9 heteroatoms. The zero-order valence-electron chi connectivity index (χ0n) is 23.4. The van der Waals surface area contributed by atoms with Gasteiger partial charge in [-0.2, -0.15) is 0 Å². The van der Waals surface area contributed by atoms with E-state index in [1.54, 1.807) is 13.0 Å². The van der Waals surface area contributed by atoms with Gasteiger partial charge in [0.25, 0.3) is 0 Å². The van der Waals surface area contributed by atoms with Crippen molar-refractivity contribution >= 4 is 23.9 Å². The van der Waals surface area contributed by atoms with Crippen LogP contribution in [0.2, 0.25) is 0 Å². The Labute approximate surface area is 220 Å². The quantitative estimate of drug-likeness (QED) is 0.297. The number of hydrogen-bond acceptors (Lipinski definition) is 9. The van der Waals surface area contributed by atoms with E-state index in [4.69, 9.17) is 24.7 Å². The molecule has 0 amide bonds. The van der Waals surface area contributed by atoms with Gasteiger partial charge < -0.3 is 24.7 Å². The van der Waals surface area contributed by atoms with Crippen molar-refractivity contribution in [1.82, 2.24) is 0 Å². The van der Waals surface area contributed by atoms with Gasteiger partial charge in [0.05, 0.1) is 6.42 Å². The Balaban J connectivity index is 2.85. The standard InChI is InChI=1S/C28H43NO8/c1-17(2)11-24(30)36-22-10-9-20(14-23(22)37-25(31)12-18(3)4)13-21(29)27(33)35-19(5)16-34-26(32)15-28(6,7)8/h9-10,14,17-19,21H,11-13,15-16,29H2,1-8H3/t19-,21-/m0/s1. The lowest BCUT2D eigenvalue weighted by Gasteiger charge is -2.20. The Morgan fingerprint density at radius 1 is 0.838 bits per heavy atom. The summed E-state index contributed by atoms with van der Waals surface area (Å²) in [5.74, 6) is -1.55. The van der Waals surface area contributed by atoms with Gasteiger partial charge in [0.1, 0.15) is 18.8 Å². The Morgan fingerprint density at radius 3 is 1.89 bits per heavy atom. The average molecular weight is 522 g/mol. The second-order valence-electron chi connectivity index (χ2n) is 11.4. The molecule has 2 N–H and O–H groups in total. The van der Waals surface area contributed by atoms with Crippen LogP contribution in [0.5, 0.6) is 11.5 Å². The van der Waals surface area contributed by atoms with Gasteiger partial charge in [-0.3, -0.25) is 19.2 Å². The summed E-state index contributed by atoms with van der Waals surface area (Å²) in [5.41, 5.74) is 6.44. The monoisotopic (exact) mass is 521 g/mol. The van der Waals surface area contributed by atoms with Crippen molar-refractivity contribution in [3.8, 4) is 11.5 Å². The van der Waals surface area contributed by atoms with E-state index in [-0.39, 0.29) is 67.0 Å². The third-order valence-corrected chi connectivity index (χ3v) is 4.83. The predicted octanol–water partition coefficient (Wildman–Crippen LogP) is 4.37. The van der Waals surface area contributed by atoms with Crippen LogP contribution < -0.4 is 15.2 Å².